The fourth-order valence-electron chi connectivity index (χ4n) is 1.53. The van der Waals surface area contributed by atoms with E-state index in [0.717, 1.165) is 27.9 Å². The van der Waals surface area contributed by atoms with Crippen LogP contribution in [0.1, 0.15) is 5.56 Å². The smallest absolute Gasteiger partial charge is 0.167 e. The Morgan fingerprint density at radius 3 is 2.88 bits per heavy atom. The predicted molar refractivity (Wildman–Crippen MR) is 70.2 cm³/mol. The van der Waals surface area contributed by atoms with E-state index in [9.17, 15) is 0 Å². The van der Waals surface area contributed by atoms with Gasteiger partial charge in [0.25, 0.3) is 0 Å². The number of nitrogen functional groups attached to an aromatic ring is 1. The highest BCUT2D eigenvalue weighted by molar-refractivity contribution is 7.98. The summed E-state index contributed by atoms with van der Waals surface area (Å²) in [5.41, 5.74) is 7.66. The third kappa shape index (κ3) is 2.94. The first-order valence-electron chi connectivity index (χ1n) is 5.22. The van der Waals surface area contributed by atoms with Crippen LogP contribution in [-0.4, -0.2) is 16.7 Å². The van der Waals surface area contributed by atoms with Crippen molar-refractivity contribution in [3.63, 3.8) is 0 Å². The number of nitrogens with two attached hydrogens (primary N) is 1. The minimum absolute atomic E-state index is 0.722. The molecule has 2 N–H and O–H groups in total. The number of anilines is 1. The minimum Gasteiger partial charge on any atom is -0.497 e. The molecule has 0 aliphatic rings. The van der Waals surface area contributed by atoms with E-state index >= 15 is 0 Å². The van der Waals surface area contributed by atoms with Gasteiger partial charge in [0.2, 0.25) is 0 Å². The number of imidazole rings is 1. The van der Waals surface area contributed by atoms with Crippen molar-refractivity contribution in [3.05, 3.63) is 36.2 Å². The summed E-state index contributed by atoms with van der Waals surface area (Å²) in [5.74, 6) is 1.62. The Morgan fingerprint density at radius 1 is 1.41 bits per heavy atom. The standard InChI is InChI=1S/C12H15N3OS/c1-15-4-3-14-12(15)17-8-9-5-10(13)7-11(6-9)16-2/h3-7H,8,13H2,1-2H3. The first-order chi connectivity index (χ1) is 8.19. The molecule has 0 bridgehead atoms. The summed E-state index contributed by atoms with van der Waals surface area (Å²) in [6.07, 6.45) is 3.73. The normalized spacial score (nSPS) is 10.5. The largest absolute Gasteiger partial charge is 0.497 e. The Morgan fingerprint density at radius 2 is 2.24 bits per heavy atom. The summed E-state index contributed by atoms with van der Waals surface area (Å²) in [5, 5.41) is 0.992. The summed E-state index contributed by atoms with van der Waals surface area (Å²) < 4.78 is 7.18. The van der Waals surface area contributed by atoms with Crippen LogP contribution in [0.25, 0.3) is 0 Å². The SMILES string of the molecule is COc1cc(N)cc(CSc2nccn2C)c1. The lowest BCUT2D eigenvalue weighted by molar-refractivity contribution is 0.414. The lowest BCUT2D eigenvalue weighted by Gasteiger charge is -2.06. The van der Waals surface area contributed by atoms with Crippen LogP contribution in [0, 0.1) is 0 Å². The molecule has 2 aromatic rings. The molecule has 0 saturated heterocycles. The molecule has 0 aliphatic heterocycles. The number of hydrogen-bond donors (Lipinski definition) is 1. The summed E-state index contributed by atoms with van der Waals surface area (Å²) in [4.78, 5) is 4.26. The average Bonchev–Trinajstić information content (AvgIpc) is 2.71. The minimum atomic E-state index is 0.722. The molecule has 5 heteroatoms. The lowest BCUT2D eigenvalue weighted by atomic mass is 10.2. The Hall–Kier alpha value is -1.62. The molecule has 0 spiro atoms. The van der Waals surface area contributed by atoms with E-state index in [1.807, 2.05) is 36.0 Å². The Bertz CT molecular complexity index is 510. The highest BCUT2D eigenvalue weighted by Crippen LogP contribution is 2.25. The Labute approximate surface area is 105 Å². The van der Waals surface area contributed by atoms with Gasteiger partial charge in [0.15, 0.2) is 5.16 Å². The highest BCUT2D eigenvalue weighted by atomic mass is 32.2. The lowest BCUT2D eigenvalue weighted by Crippen LogP contribution is -1.93. The van der Waals surface area contributed by atoms with Crippen LogP contribution in [0.3, 0.4) is 0 Å². The zero-order chi connectivity index (χ0) is 12.3. The van der Waals surface area contributed by atoms with Gasteiger partial charge in [-0.15, -0.1) is 0 Å². The van der Waals surface area contributed by atoms with Gasteiger partial charge in [0.05, 0.1) is 7.11 Å². The zero-order valence-electron chi connectivity index (χ0n) is 9.88. The molecule has 0 radical (unpaired) electrons. The third-order valence-electron chi connectivity index (χ3n) is 2.37. The zero-order valence-corrected chi connectivity index (χ0v) is 10.7. The summed E-state index contributed by atoms with van der Waals surface area (Å²) in [6, 6.07) is 5.76. The van der Waals surface area contributed by atoms with Crippen molar-refractivity contribution < 1.29 is 4.74 Å². The molecule has 1 aromatic heterocycles. The van der Waals surface area contributed by atoms with Crippen molar-refractivity contribution in [3.8, 4) is 5.75 Å². The number of thioether (sulfide) groups is 1. The van der Waals surface area contributed by atoms with Crippen molar-refractivity contribution in [1.82, 2.24) is 9.55 Å². The van der Waals surface area contributed by atoms with Gasteiger partial charge in [-0.3, -0.25) is 0 Å². The van der Waals surface area contributed by atoms with Gasteiger partial charge in [0, 0.05) is 36.9 Å². The van der Waals surface area contributed by atoms with E-state index < -0.39 is 0 Å². The first-order valence-corrected chi connectivity index (χ1v) is 6.21. The number of benzene rings is 1. The number of nitrogens with zero attached hydrogens (tertiary/aromatic N) is 2. The maximum absolute atomic E-state index is 5.80. The van der Waals surface area contributed by atoms with Crippen molar-refractivity contribution in [2.24, 2.45) is 7.05 Å². The van der Waals surface area contributed by atoms with Gasteiger partial charge in [-0.25, -0.2) is 4.98 Å². The van der Waals surface area contributed by atoms with Crippen LogP contribution in [0.5, 0.6) is 5.75 Å². The monoisotopic (exact) mass is 249 g/mol. The molecule has 0 amide bonds. The molecule has 0 aliphatic carbocycles. The van der Waals surface area contributed by atoms with Crippen LogP contribution in [0.15, 0.2) is 35.7 Å². The van der Waals surface area contributed by atoms with Gasteiger partial charge in [-0.2, -0.15) is 0 Å². The first kappa shape index (κ1) is 11.9. The molecule has 0 fully saturated rings. The van der Waals surface area contributed by atoms with Gasteiger partial charge in [-0.1, -0.05) is 11.8 Å². The molecule has 0 saturated carbocycles. The number of aromatic nitrogens is 2. The fourth-order valence-corrected chi connectivity index (χ4v) is 2.39. The van der Waals surface area contributed by atoms with Crippen LogP contribution < -0.4 is 10.5 Å². The number of hydrogen-bond acceptors (Lipinski definition) is 4. The molecule has 4 nitrogen and oxygen atoms in total. The van der Waals surface area contributed by atoms with Gasteiger partial charge >= 0.3 is 0 Å². The molecule has 90 valence electrons. The van der Waals surface area contributed by atoms with Gasteiger partial charge < -0.3 is 15.0 Å². The van der Waals surface area contributed by atoms with Crippen LogP contribution >= 0.6 is 11.8 Å². The quantitative estimate of drug-likeness (QED) is 0.667. The van der Waals surface area contributed by atoms with E-state index in [-0.39, 0.29) is 0 Å². The fraction of sp³-hybridized carbons (Fsp3) is 0.250. The summed E-state index contributed by atoms with van der Waals surface area (Å²) in [6.45, 7) is 0. The van der Waals surface area contributed by atoms with Crippen LogP contribution in [0.2, 0.25) is 0 Å². The van der Waals surface area contributed by atoms with Crippen LogP contribution in [-0.2, 0) is 12.8 Å². The second-order valence-electron chi connectivity index (χ2n) is 3.72. The number of methoxy groups -OCH3 is 1. The maximum Gasteiger partial charge on any atom is 0.167 e. The van der Waals surface area contributed by atoms with E-state index in [4.69, 9.17) is 10.5 Å². The van der Waals surface area contributed by atoms with E-state index in [2.05, 4.69) is 4.98 Å². The molecular formula is C12H15N3OS. The maximum atomic E-state index is 5.80. The number of rotatable bonds is 4. The topological polar surface area (TPSA) is 53.1 Å². The molecule has 0 atom stereocenters. The van der Waals surface area contributed by atoms with Crippen molar-refractivity contribution in [1.29, 1.82) is 0 Å². The van der Waals surface area contributed by atoms with E-state index in [1.165, 1.54) is 0 Å². The summed E-state index contributed by atoms with van der Waals surface area (Å²) in [7, 11) is 3.62. The number of ether oxygens (including phenoxy) is 1. The van der Waals surface area contributed by atoms with Gasteiger partial charge in [-0.05, 0) is 17.7 Å². The molecule has 2 rings (SSSR count). The van der Waals surface area contributed by atoms with Gasteiger partial charge in [0.1, 0.15) is 5.75 Å². The Balaban J connectivity index is 2.09. The van der Waals surface area contributed by atoms with Crippen molar-refractivity contribution in [2.75, 3.05) is 12.8 Å². The molecule has 1 aromatic carbocycles. The van der Waals surface area contributed by atoms with E-state index in [1.54, 1.807) is 25.1 Å². The molecule has 1 heterocycles. The Kier molecular flexibility index (Phi) is 3.58. The second kappa shape index (κ2) is 5.14. The molecule has 17 heavy (non-hydrogen) atoms. The number of aryl methyl sites for hydroxylation is 1. The summed E-state index contributed by atoms with van der Waals surface area (Å²) >= 11 is 1.68. The van der Waals surface area contributed by atoms with Crippen molar-refractivity contribution >= 4 is 17.4 Å². The second-order valence-corrected chi connectivity index (χ2v) is 4.67. The third-order valence-corrected chi connectivity index (χ3v) is 3.50. The molecule has 0 unspecified atom stereocenters. The molecular weight excluding hydrogens is 234 g/mol. The highest BCUT2D eigenvalue weighted by Gasteiger charge is 2.03. The van der Waals surface area contributed by atoms with E-state index in [0.29, 0.717) is 0 Å². The van der Waals surface area contributed by atoms with Crippen LogP contribution in [0.4, 0.5) is 5.69 Å². The van der Waals surface area contributed by atoms with Crippen molar-refractivity contribution in [2.45, 2.75) is 10.9 Å². The predicted octanol–water partition coefficient (Wildman–Crippen LogP) is 2.30. The average molecular weight is 249 g/mol.